The molecule has 0 saturated carbocycles. The van der Waals surface area contributed by atoms with Gasteiger partial charge in [0.05, 0.1) is 5.69 Å². The maximum absolute atomic E-state index is 11.5. The van der Waals surface area contributed by atoms with E-state index in [1.165, 1.54) is 6.07 Å². The SMILES string of the molecule is CC1(C)CNc2c(cc(CCC=O)cc2S(=O)(=O)O)C1. The Labute approximate surface area is 119 Å². The van der Waals surface area contributed by atoms with Crippen LogP contribution in [0.25, 0.3) is 0 Å². The molecule has 0 atom stereocenters. The second-order valence-electron chi connectivity index (χ2n) is 6.00. The number of carbonyl (C=O) groups excluding carboxylic acids is 1. The molecule has 0 aromatic heterocycles. The molecular weight excluding hydrogens is 278 g/mol. The van der Waals surface area contributed by atoms with E-state index in [0.717, 1.165) is 23.8 Å². The molecule has 1 aromatic carbocycles. The molecule has 0 fully saturated rings. The Kier molecular flexibility index (Phi) is 3.88. The van der Waals surface area contributed by atoms with Crippen molar-refractivity contribution in [2.45, 2.75) is 38.0 Å². The monoisotopic (exact) mass is 297 g/mol. The summed E-state index contributed by atoms with van der Waals surface area (Å²) in [6.45, 7) is 4.83. The molecule has 0 radical (unpaired) electrons. The fourth-order valence-electron chi connectivity index (χ4n) is 2.56. The summed E-state index contributed by atoms with van der Waals surface area (Å²) in [5.74, 6) is 0. The van der Waals surface area contributed by atoms with Crippen molar-refractivity contribution in [3.8, 4) is 0 Å². The van der Waals surface area contributed by atoms with E-state index in [0.29, 0.717) is 25.1 Å². The topological polar surface area (TPSA) is 83.5 Å². The highest BCUT2D eigenvalue weighted by molar-refractivity contribution is 7.86. The summed E-state index contributed by atoms with van der Waals surface area (Å²) in [5.41, 5.74) is 2.13. The van der Waals surface area contributed by atoms with Crippen LogP contribution in [0.4, 0.5) is 5.69 Å². The van der Waals surface area contributed by atoms with E-state index in [1.54, 1.807) is 0 Å². The number of benzene rings is 1. The summed E-state index contributed by atoms with van der Waals surface area (Å²) < 4.78 is 32.5. The molecule has 0 unspecified atom stereocenters. The van der Waals surface area contributed by atoms with Crippen molar-refractivity contribution < 1.29 is 17.8 Å². The molecule has 110 valence electrons. The van der Waals surface area contributed by atoms with Crippen LogP contribution in [0.15, 0.2) is 17.0 Å². The van der Waals surface area contributed by atoms with E-state index in [9.17, 15) is 17.8 Å². The van der Waals surface area contributed by atoms with E-state index < -0.39 is 10.1 Å². The summed E-state index contributed by atoms with van der Waals surface area (Å²) in [4.78, 5) is 10.4. The quantitative estimate of drug-likeness (QED) is 0.656. The zero-order valence-corrected chi connectivity index (χ0v) is 12.5. The summed E-state index contributed by atoms with van der Waals surface area (Å²) in [6, 6.07) is 3.37. The van der Waals surface area contributed by atoms with Crippen LogP contribution >= 0.6 is 0 Å². The molecule has 0 saturated heterocycles. The lowest BCUT2D eigenvalue weighted by molar-refractivity contribution is -0.107. The maximum Gasteiger partial charge on any atom is 0.296 e. The number of aryl methyl sites for hydroxylation is 1. The highest BCUT2D eigenvalue weighted by atomic mass is 32.2. The van der Waals surface area contributed by atoms with Gasteiger partial charge in [0.2, 0.25) is 0 Å². The first-order valence-electron chi connectivity index (χ1n) is 6.54. The van der Waals surface area contributed by atoms with E-state index >= 15 is 0 Å². The molecule has 2 rings (SSSR count). The second-order valence-corrected chi connectivity index (χ2v) is 7.39. The minimum Gasteiger partial charge on any atom is -0.383 e. The molecule has 1 aliphatic heterocycles. The third-order valence-electron chi connectivity index (χ3n) is 3.49. The summed E-state index contributed by atoms with van der Waals surface area (Å²) >= 11 is 0. The molecule has 6 heteroatoms. The Morgan fingerprint density at radius 1 is 1.40 bits per heavy atom. The van der Waals surface area contributed by atoms with Crippen LogP contribution in [0, 0.1) is 5.41 Å². The van der Waals surface area contributed by atoms with E-state index in [2.05, 4.69) is 19.2 Å². The van der Waals surface area contributed by atoms with Crippen LogP contribution < -0.4 is 5.32 Å². The normalized spacial score (nSPS) is 17.1. The Balaban J connectivity index is 2.54. The smallest absolute Gasteiger partial charge is 0.296 e. The van der Waals surface area contributed by atoms with Crippen LogP contribution in [0.1, 0.15) is 31.4 Å². The number of aldehydes is 1. The molecule has 1 aliphatic rings. The van der Waals surface area contributed by atoms with Crippen molar-refractivity contribution >= 4 is 22.1 Å². The molecule has 1 aromatic rings. The van der Waals surface area contributed by atoms with E-state index in [4.69, 9.17) is 0 Å². The van der Waals surface area contributed by atoms with Gasteiger partial charge in [-0.25, -0.2) is 0 Å². The zero-order chi connectivity index (χ0) is 15.0. The average Bonchev–Trinajstić information content (AvgIpc) is 2.32. The fourth-order valence-corrected chi connectivity index (χ4v) is 3.32. The summed E-state index contributed by atoms with van der Waals surface area (Å²) in [7, 11) is -4.28. The number of hydrogen-bond acceptors (Lipinski definition) is 4. The van der Waals surface area contributed by atoms with E-state index in [-0.39, 0.29) is 10.3 Å². The van der Waals surface area contributed by atoms with Crippen molar-refractivity contribution in [2.24, 2.45) is 5.41 Å². The van der Waals surface area contributed by atoms with Crippen LogP contribution in [0.5, 0.6) is 0 Å². The molecule has 5 nitrogen and oxygen atoms in total. The highest BCUT2D eigenvalue weighted by Gasteiger charge is 2.29. The number of rotatable bonds is 4. The van der Waals surface area contributed by atoms with Gasteiger partial charge in [0, 0.05) is 13.0 Å². The minimum atomic E-state index is -4.28. The van der Waals surface area contributed by atoms with Crippen LogP contribution in [0.3, 0.4) is 0 Å². The first-order valence-corrected chi connectivity index (χ1v) is 7.98. The lowest BCUT2D eigenvalue weighted by atomic mass is 9.81. The largest absolute Gasteiger partial charge is 0.383 e. The molecule has 1 heterocycles. The molecule has 0 amide bonds. The van der Waals surface area contributed by atoms with Gasteiger partial charge in [0.1, 0.15) is 11.2 Å². The Morgan fingerprint density at radius 2 is 2.10 bits per heavy atom. The second kappa shape index (κ2) is 5.18. The Bertz CT molecular complexity index is 635. The lowest BCUT2D eigenvalue weighted by Gasteiger charge is -2.33. The van der Waals surface area contributed by atoms with Crippen molar-refractivity contribution in [1.29, 1.82) is 0 Å². The van der Waals surface area contributed by atoms with Crippen LogP contribution in [-0.2, 0) is 27.8 Å². The molecule has 0 bridgehead atoms. The summed E-state index contributed by atoms with van der Waals surface area (Å²) in [5, 5.41) is 3.10. The third kappa shape index (κ3) is 3.19. The first-order chi connectivity index (χ1) is 9.23. The highest BCUT2D eigenvalue weighted by Crippen LogP contribution is 2.37. The number of carbonyl (C=O) groups is 1. The average molecular weight is 297 g/mol. The van der Waals surface area contributed by atoms with Gasteiger partial charge in [0.15, 0.2) is 0 Å². The number of fused-ring (bicyclic) bond motifs is 1. The Morgan fingerprint density at radius 3 is 2.70 bits per heavy atom. The van der Waals surface area contributed by atoms with Crippen molar-refractivity contribution in [3.63, 3.8) is 0 Å². The fraction of sp³-hybridized carbons (Fsp3) is 0.500. The molecular formula is C14H19NO4S. The van der Waals surface area contributed by atoms with Crippen molar-refractivity contribution in [1.82, 2.24) is 0 Å². The number of nitrogens with one attached hydrogen (secondary N) is 1. The van der Waals surface area contributed by atoms with Gasteiger partial charge in [-0.15, -0.1) is 0 Å². The molecule has 0 spiro atoms. The zero-order valence-electron chi connectivity index (χ0n) is 11.6. The van der Waals surface area contributed by atoms with Crippen LogP contribution in [-0.4, -0.2) is 25.8 Å². The first kappa shape index (κ1) is 15.0. The standard InChI is InChI=1S/C14H19NO4S/c1-14(2)8-11-6-10(4-3-5-16)7-12(20(17,18)19)13(11)15-9-14/h5-7,15H,3-4,8-9H2,1-2H3,(H,17,18,19). The molecule has 2 N–H and O–H groups in total. The van der Waals surface area contributed by atoms with Crippen molar-refractivity contribution in [3.05, 3.63) is 23.3 Å². The third-order valence-corrected chi connectivity index (χ3v) is 4.36. The van der Waals surface area contributed by atoms with Gasteiger partial charge >= 0.3 is 0 Å². The van der Waals surface area contributed by atoms with Gasteiger partial charge in [-0.05, 0) is 35.4 Å². The van der Waals surface area contributed by atoms with Crippen LogP contribution in [0.2, 0.25) is 0 Å². The van der Waals surface area contributed by atoms with Crippen molar-refractivity contribution in [2.75, 3.05) is 11.9 Å². The predicted octanol–water partition coefficient (Wildman–Crippen LogP) is 2.06. The maximum atomic E-state index is 11.5. The minimum absolute atomic E-state index is 0.0206. The Hall–Kier alpha value is -1.40. The number of anilines is 1. The lowest BCUT2D eigenvalue weighted by Crippen LogP contribution is -2.31. The molecule has 20 heavy (non-hydrogen) atoms. The van der Waals surface area contributed by atoms with Gasteiger partial charge in [-0.1, -0.05) is 19.9 Å². The van der Waals surface area contributed by atoms with Gasteiger partial charge in [-0.3, -0.25) is 4.55 Å². The van der Waals surface area contributed by atoms with Gasteiger partial charge in [0.25, 0.3) is 10.1 Å². The number of hydrogen-bond donors (Lipinski definition) is 2. The van der Waals surface area contributed by atoms with Gasteiger partial charge < -0.3 is 10.1 Å². The summed E-state index contributed by atoms with van der Waals surface area (Å²) in [6.07, 6.45) is 2.34. The van der Waals surface area contributed by atoms with Gasteiger partial charge in [-0.2, -0.15) is 8.42 Å². The van der Waals surface area contributed by atoms with E-state index in [1.807, 2.05) is 6.07 Å². The predicted molar refractivity (Wildman–Crippen MR) is 76.6 cm³/mol. The molecule has 0 aliphatic carbocycles.